The van der Waals surface area contributed by atoms with Crippen molar-refractivity contribution in [2.75, 3.05) is 0 Å². The van der Waals surface area contributed by atoms with E-state index in [9.17, 15) is 4.79 Å². The minimum absolute atomic E-state index is 0.120. The van der Waals surface area contributed by atoms with Gasteiger partial charge in [-0.3, -0.25) is 0 Å². The van der Waals surface area contributed by atoms with Gasteiger partial charge in [0.05, 0.1) is 12.7 Å². The summed E-state index contributed by atoms with van der Waals surface area (Å²) in [6, 6.07) is 4.41. The van der Waals surface area contributed by atoms with Crippen molar-refractivity contribution in [3.63, 3.8) is 0 Å². The number of rotatable bonds is 3. The number of hydrogen-bond acceptors (Lipinski definition) is 2. The largest absolute Gasteiger partial charge is 0.501 e. The SMILES string of the molecule is [C-]#[N+]c1cc(C(=O)O)ccc1OC1CCCC1. The van der Waals surface area contributed by atoms with Crippen LogP contribution in [0.1, 0.15) is 36.0 Å². The van der Waals surface area contributed by atoms with E-state index in [0.717, 1.165) is 25.7 Å². The van der Waals surface area contributed by atoms with E-state index in [2.05, 4.69) is 4.85 Å². The molecule has 0 aromatic heterocycles. The highest BCUT2D eigenvalue weighted by Gasteiger charge is 2.18. The third kappa shape index (κ3) is 2.56. The maximum Gasteiger partial charge on any atom is 0.334 e. The molecule has 4 nitrogen and oxygen atoms in total. The number of carboxylic acids is 1. The van der Waals surface area contributed by atoms with Gasteiger partial charge in [-0.05, 0) is 43.9 Å². The van der Waals surface area contributed by atoms with E-state index in [0.29, 0.717) is 5.75 Å². The van der Waals surface area contributed by atoms with Crippen molar-refractivity contribution in [1.29, 1.82) is 0 Å². The van der Waals surface area contributed by atoms with Crippen LogP contribution in [0.2, 0.25) is 0 Å². The lowest BCUT2D eigenvalue weighted by molar-refractivity contribution is 0.0697. The molecule has 1 aliphatic rings. The normalized spacial score (nSPS) is 15.5. The van der Waals surface area contributed by atoms with Crippen LogP contribution < -0.4 is 4.74 Å². The summed E-state index contributed by atoms with van der Waals surface area (Å²) in [5.74, 6) is -0.529. The Kier molecular flexibility index (Phi) is 3.29. The number of hydrogen-bond donors (Lipinski definition) is 1. The molecular formula is C13H13NO3. The first-order valence-electron chi connectivity index (χ1n) is 5.62. The second-order valence-electron chi connectivity index (χ2n) is 4.12. The topological polar surface area (TPSA) is 50.9 Å². The van der Waals surface area contributed by atoms with E-state index >= 15 is 0 Å². The third-order valence-electron chi connectivity index (χ3n) is 2.92. The predicted molar refractivity (Wildman–Crippen MR) is 62.5 cm³/mol. The highest BCUT2D eigenvalue weighted by molar-refractivity contribution is 5.89. The number of aromatic carboxylic acids is 1. The summed E-state index contributed by atoms with van der Waals surface area (Å²) in [4.78, 5) is 14.1. The molecule has 0 heterocycles. The summed E-state index contributed by atoms with van der Waals surface area (Å²) in [5.41, 5.74) is 0.395. The first-order valence-corrected chi connectivity index (χ1v) is 5.62. The molecule has 0 amide bonds. The first kappa shape index (κ1) is 11.5. The van der Waals surface area contributed by atoms with Crippen molar-refractivity contribution >= 4 is 11.7 Å². The van der Waals surface area contributed by atoms with Gasteiger partial charge in [0.2, 0.25) is 5.69 Å². The lowest BCUT2D eigenvalue weighted by atomic mass is 10.2. The summed E-state index contributed by atoms with van der Waals surface area (Å²) in [7, 11) is 0. The van der Waals surface area contributed by atoms with Crippen LogP contribution in [-0.2, 0) is 0 Å². The van der Waals surface area contributed by atoms with Crippen molar-refractivity contribution in [1.82, 2.24) is 0 Å². The zero-order chi connectivity index (χ0) is 12.3. The molecule has 17 heavy (non-hydrogen) atoms. The molecule has 0 unspecified atom stereocenters. The molecule has 2 rings (SSSR count). The van der Waals surface area contributed by atoms with Crippen molar-refractivity contribution in [2.24, 2.45) is 0 Å². The van der Waals surface area contributed by atoms with Gasteiger partial charge in [0.25, 0.3) is 0 Å². The zero-order valence-corrected chi connectivity index (χ0v) is 9.35. The Morgan fingerprint density at radius 3 is 2.71 bits per heavy atom. The van der Waals surface area contributed by atoms with Crippen LogP contribution >= 0.6 is 0 Å². The smallest absolute Gasteiger partial charge is 0.334 e. The minimum atomic E-state index is -1.03. The summed E-state index contributed by atoms with van der Waals surface area (Å²) >= 11 is 0. The maximum atomic E-state index is 10.8. The molecule has 1 saturated carbocycles. The molecule has 88 valence electrons. The molecule has 0 atom stereocenters. The molecular weight excluding hydrogens is 218 g/mol. The molecule has 1 aromatic rings. The number of benzene rings is 1. The van der Waals surface area contributed by atoms with Gasteiger partial charge < -0.3 is 9.84 Å². The second kappa shape index (κ2) is 4.88. The van der Waals surface area contributed by atoms with Gasteiger partial charge in [-0.1, -0.05) is 0 Å². The summed E-state index contributed by atoms with van der Waals surface area (Å²) in [5, 5.41) is 8.84. The standard InChI is InChI=1S/C13H13NO3/c1-14-11-8-9(13(15)16)6-7-12(11)17-10-4-2-3-5-10/h6-8,10H,2-5H2,(H,15,16). The van der Waals surface area contributed by atoms with Gasteiger partial charge in [-0.25, -0.2) is 9.64 Å². The monoisotopic (exact) mass is 231 g/mol. The van der Waals surface area contributed by atoms with Crippen LogP contribution in [-0.4, -0.2) is 17.2 Å². The number of nitrogens with zero attached hydrogens (tertiary/aromatic N) is 1. The van der Waals surface area contributed by atoms with Crippen molar-refractivity contribution in [2.45, 2.75) is 31.8 Å². The summed E-state index contributed by atoms with van der Waals surface area (Å²) in [6.07, 6.45) is 4.51. The molecule has 1 fully saturated rings. The minimum Gasteiger partial charge on any atom is -0.501 e. The van der Waals surface area contributed by atoms with Crippen molar-refractivity contribution in [3.05, 3.63) is 35.2 Å². The van der Waals surface area contributed by atoms with Gasteiger partial charge in [-0.2, -0.15) is 0 Å². The zero-order valence-electron chi connectivity index (χ0n) is 9.35. The molecule has 0 spiro atoms. The van der Waals surface area contributed by atoms with Crippen molar-refractivity contribution in [3.8, 4) is 5.75 Å². The number of carbonyl (C=O) groups is 1. The Morgan fingerprint density at radius 1 is 1.41 bits per heavy atom. The van der Waals surface area contributed by atoms with E-state index < -0.39 is 5.97 Å². The molecule has 0 bridgehead atoms. The Bertz CT molecular complexity index is 470. The van der Waals surface area contributed by atoms with E-state index in [1.54, 1.807) is 6.07 Å². The fraction of sp³-hybridized carbons (Fsp3) is 0.385. The van der Waals surface area contributed by atoms with E-state index in [4.69, 9.17) is 16.4 Å². The van der Waals surface area contributed by atoms with Gasteiger partial charge in [-0.15, -0.1) is 0 Å². The maximum absolute atomic E-state index is 10.8. The molecule has 1 aliphatic carbocycles. The molecule has 1 N–H and O–H groups in total. The molecule has 0 radical (unpaired) electrons. The van der Waals surface area contributed by atoms with Gasteiger partial charge >= 0.3 is 5.97 Å². The Morgan fingerprint density at radius 2 is 2.12 bits per heavy atom. The summed E-state index contributed by atoms with van der Waals surface area (Å²) in [6.45, 7) is 7.05. The van der Waals surface area contributed by atoms with Crippen LogP contribution in [0.5, 0.6) is 5.75 Å². The lowest BCUT2D eigenvalue weighted by Crippen LogP contribution is -2.11. The van der Waals surface area contributed by atoms with Crippen LogP contribution in [0, 0.1) is 6.57 Å². The van der Waals surface area contributed by atoms with E-state index in [1.807, 2.05) is 0 Å². The highest BCUT2D eigenvalue weighted by atomic mass is 16.5. The van der Waals surface area contributed by atoms with Gasteiger partial charge in [0.15, 0.2) is 0 Å². The lowest BCUT2D eigenvalue weighted by Gasteiger charge is -2.14. The third-order valence-corrected chi connectivity index (χ3v) is 2.92. The average Bonchev–Trinajstić information content (AvgIpc) is 2.82. The van der Waals surface area contributed by atoms with Crippen molar-refractivity contribution < 1.29 is 14.6 Å². The molecule has 0 saturated heterocycles. The molecule has 0 aliphatic heterocycles. The van der Waals surface area contributed by atoms with Gasteiger partial charge in [0, 0.05) is 5.56 Å². The van der Waals surface area contributed by atoms with E-state index in [-0.39, 0.29) is 17.4 Å². The second-order valence-corrected chi connectivity index (χ2v) is 4.12. The van der Waals surface area contributed by atoms with Crippen LogP contribution in [0.25, 0.3) is 4.85 Å². The number of carboxylic acid groups (broad SMARTS) is 1. The Hall–Kier alpha value is -2.02. The fourth-order valence-electron chi connectivity index (χ4n) is 2.02. The summed E-state index contributed by atoms with van der Waals surface area (Å²) < 4.78 is 5.73. The molecule has 1 aromatic carbocycles. The highest BCUT2D eigenvalue weighted by Crippen LogP contribution is 2.32. The van der Waals surface area contributed by atoms with Crippen LogP contribution in [0.15, 0.2) is 18.2 Å². The Balaban J connectivity index is 2.22. The molecule has 4 heteroatoms. The predicted octanol–water partition coefficient (Wildman–Crippen LogP) is 3.26. The quantitative estimate of drug-likeness (QED) is 0.812. The number of ether oxygens (including phenoxy) is 1. The fourth-order valence-corrected chi connectivity index (χ4v) is 2.02. The van der Waals surface area contributed by atoms with E-state index in [1.165, 1.54) is 12.1 Å². The van der Waals surface area contributed by atoms with Crippen LogP contribution in [0.3, 0.4) is 0 Å². The average molecular weight is 231 g/mol. The van der Waals surface area contributed by atoms with Crippen LogP contribution in [0.4, 0.5) is 5.69 Å². The van der Waals surface area contributed by atoms with Gasteiger partial charge in [0.1, 0.15) is 5.75 Å². The first-order chi connectivity index (χ1) is 8.20. The Labute approximate surface area is 99.7 Å².